The van der Waals surface area contributed by atoms with Gasteiger partial charge >= 0.3 is 0 Å². The second-order valence-electron chi connectivity index (χ2n) is 13.2. The van der Waals surface area contributed by atoms with Gasteiger partial charge in [-0.25, -0.2) is 4.98 Å². The zero-order valence-corrected chi connectivity index (χ0v) is 27.5. The number of furan rings is 1. The van der Waals surface area contributed by atoms with Crippen molar-refractivity contribution in [1.82, 2.24) is 14.1 Å². The molecule has 4 aromatic heterocycles. The summed E-state index contributed by atoms with van der Waals surface area (Å²) in [5.41, 5.74) is 11.7. The molecule has 51 heavy (non-hydrogen) atoms. The van der Waals surface area contributed by atoms with E-state index in [-0.39, 0.29) is 0 Å². The van der Waals surface area contributed by atoms with E-state index in [4.69, 9.17) is 9.40 Å². The molecule has 0 radical (unpaired) electrons. The summed E-state index contributed by atoms with van der Waals surface area (Å²) >= 11 is 0. The molecule has 4 nitrogen and oxygen atoms in total. The summed E-state index contributed by atoms with van der Waals surface area (Å²) < 4.78 is 10.9. The number of hydrogen-bond donors (Lipinski definition) is 0. The van der Waals surface area contributed by atoms with Crippen molar-refractivity contribution in [1.29, 1.82) is 0 Å². The number of aromatic nitrogens is 3. The predicted molar refractivity (Wildman–Crippen MR) is 211 cm³/mol. The first-order valence-corrected chi connectivity index (χ1v) is 17.3. The summed E-state index contributed by atoms with van der Waals surface area (Å²) in [6.07, 6.45) is 0. The number of para-hydroxylation sites is 4. The van der Waals surface area contributed by atoms with Crippen molar-refractivity contribution < 1.29 is 4.42 Å². The van der Waals surface area contributed by atoms with Crippen LogP contribution in [0.1, 0.15) is 0 Å². The number of nitrogens with zero attached hydrogens (tertiary/aromatic N) is 3. The normalized spacial score (nSPS) is 11.9. The molecule has 0 aliphatic heterocycles. The molecule has 0 fully saturated rings. The number of pyridine rings is 1. The Hall–Kier alpha value is -6.91. The van der Waals surface area contributed by atoms with Crippen LogP contribution in [0.25, 0.3) is 99.4 Å². The Bertz CT molecular complexity index is 3130. The average molecular weight is 652 g/mol. The largest absolute Gasteiger partial charge is 0.456 e. The molecule has 0 atom stereocenters. The molecule has 0 unspecified atom stereocenters. The fraction of sp³-hybridized carbons (Fsp3) is 0. The number of rotatable bonds is 4. The lowest BCUT2D eigenvalue weighted by Crippen LogP contribution is -2.00. The van der Waals surface area contributed by atoms with Crippen molar-refractivity contribution in [3.05, 3.63) is 176 Å². The molecule has 0 spiro atoms. The molecule has 11 rings (SSSR count). The minimum absolute atomic E-state index is 0.875. The van der Waals surface area contributed by atoms with Crippen molar-refractivity contribution in [3.8, 4) is 33.9 Å². The van der Waals surface area contributed by atoms with Crippen LogP contribution in [0.15, 0.2) is 180 Å². The van der Waals surface area contributed by atoms with Crippen LogP contribution in [0.5, 0.6) is 0 Å². The number of hydrogen-bond acceptors (Lipinski definition) is 2. The van der Waals surface area contributed by atoms with E-state index in [0.717, 1.165) is 66.9 Å². The lowest BCUT2D eigenvalue weighted by atomic mass is 10.0. The second kappa shape index (κ2) is 10.8. The van der Waals surface area contributed by atoms with Gasteiger partial charge in [-0.1, -0.05) is 103 Å². The van der Waals surface area contributed by atoms with Gasteiger partial charge in [0.25, 0.3) is 0 Å². The highest BCUT2D eigenvalue weighted by atomic mass is 16.3. The first-order valence-electron chi connectivity index (χ1n) is 17.3. The fourth-order valence-electron chi connectivity index (χ4n) is 7.99. The van der Waals surface area contributed by atoms with Gasteiger partial charge in [-0.05, 0) is 83.9 Å². The molecule has 0 N–H and O–H groups in total. The Labute approximate surface area is 293 Å². The zero-order valence-electron chi connectivity index (χ0n) is 27.5. The average Bonchev–Trinajstić information content (AvgIpc) is 3.84. The summed E-state index contributed by atoms with van der Waals surface area (Å²) in [5, 5.41) is 7.02. The zero-order chi connectivity index (χ0) is 33.5. The van der Waals surface area contributed by atoms with E-state index in [9.17, 15) is 0 Å². The molecule has 0 bridgehead atoms. The van der Waals surface area contributed by atoms with Crippen LogP contribution in [0.4, 0.5) is 0 Å². The molecule has 11 aromatic rings. The molecule has 0 saturated carbocycles. The molecule has 0 aliphatic rings. The van der Waals surface area contributed by atoms with Crippen molar-refractivity contribution in [3.63, 3.8) is 0 Å². The highest BCUT2D eigenvalue weighted by molar-refractivity contribution is 6.19. The van der Waals surface area contributed by atoms with Crippen molar-refractivity contribution in [2.24, 2.45) is 0 Å². The summed E-state index contributed by atoms with van der Waals surface area (Å²) in [7, 11) is 0. The predicted octanol–water partition coefficient (Wildman–Crippen LogP) is 12.5. The van der Waals surface area contributed by atoms with Crippen LogP contribution in [0.3, 0.4) is 0 Å². The number of fused-ring (bicyclic) bond motifs is 9. The maximum Gasteiger partial charge on any atom is 0.138 e. The van der Waals surface area contributed by atoms with E-state index in [2.05, 4.69) is 173 Å². The van der Waals surface area contributed by atoms with Crippen LogP contribution in [0, 0.1) is 0 Å². The van der Waals surface area contributed by atoms with Gasteiger partial charge in [-0.2, -0.15) is 0 Å². The van der Waals surface area contributed by atoms with Gasteiger partial charge in [0.05, 0.1) is 27.8 Å². The molecule has 4 heterocycles. The molecule has 7 aromatic carbocycles. The van der Waals surface area contributed by atoms with E-state index < -0.39 is 0 Å². The fourth-order valence-corrected chi connectivity index (χ4v) is 7.99. The molecule has 0 aliphatic carbocycles. The van der Waals surface area contributed by atoms with Crippen molar-refractivity contribution in [2.75, 3.05) is 0 Å². The van der Waals surface area contributed by atoms with Gasteiger partial charge < -0.3 is 8.98 Å². The molecule has 0 saturated heterocycles. The Kier molecular flexibility index (Phi) is 5.92. The highest BCUT2D eigenvalue weighted by Crippen LogP contribution is 2.40. The first kappa shape index (κ1) is 28.0. The lowest BCUT2D eigenvalue weighted by Gasteiger charge is -2.13. The standard InChI is InChI=1S/C47H29N3O/c1-3-13-30(14-4-1)32-26-40(31-23-24-46-39(25-31)36-19-9-12-22-45(36)51-46)48-47(27-32)50-42-21-11-8-18-35(42)38-28-43-37(29-44(38)50)34-17-7-10-20-41(34)49(43)33-15-5-2-6-16-33/h1-29H. The lowest BCUT2D eigenvalue weighted by molar-refractivity contribution is 0.669. The molecule has 238 valence electrons. The van der Waals surface area contributed by atoms with E-state index in [1.165, 1.54) is 32.6 Å². The van der Waals surface area contributed by atoms with Crippen LogP contribution in [-0.4, -0.2) is 14.1 Å². The van der Waals surface area contributed by atoms with E-state index in [1.54, 1.807) is 0 Å². The highest BCUT2D eigenvalue weighted by Gasteiger charge is 2.20. The van der Waals surface area contributed by atoms with E-state index in [0.29, 0.717) is 0 Å². The Morgan fingerprint density at radius 2 is 0.941 bits per heavy atom. The van der Waals surface area contributed by atoms with E-state index in [1.807, 2.05) is 12.1 Å². The second-order valence-corrected chi connectivity index (χ2v) is 13.2. The van der Waals surface area contributed by atoms with Crippen molar-refractivity contribution >= 4 is 65.6 Å². The maximum atomic E-state index is 6.18. The topological polar surface area (TPSA) is 35.9 Å². The molecule has 0 amide bonds. The summed E-state index contributed by atoms with van der Waals surface area (Å²) in [6.45, 7) is 0. The Morgan fingerprint density at radius 1 is 0.353 bits per heavy atom. The van der Waals surface area contributed by atoms with Gasteiger partial charge in [-0.3, -0.25) is 4.57 Å². The Balaban J connectivity index is 1.22. The van der Waals surface area contributed by atoms with Crippen LogP contribution in [-0.2, 0) is 0 Å². The van der Waals surface area contributed by atoms with Gasteiger partial charge in [-0.15, -0.1) is 0 Å². The molecule has 4 heteroatoms. The van der Waals surface area contributed by atoms with E-state index >= 15 is 0 Å². The SMILES string of the molecule is c1ccc(-c2cc(-c3ccc4oc5ccccc5c4c3)nc(-n3c4ccccc4c4cc5c(cc43)c3ccccc3n5-c3ccccc3)c2)cc1. The van der Waals surface area contributed by atoms with Gasteiger partial charge in [0.15, 0.2) is 0 Å². The third kappa shape index (κ3) is 4.23. The third-order valence-corrected chi connectivity index (χ3v) is 10.3. The maximum absolute atomic E-state index is 6.18. The van der Waals surface area contributed by atoms with Crippen LogP contribution in [0.2, 0.25) is 0 Å². The summed E-state index contributed by atoms with van der Waals surface area (Å²) in [5.74, 6) is 0.876. The molecular weight excluding hydrogens is 623 g/mol. The van der Waals surface area contributed by atoms with Gasteiger partial charge in [0.2, 0.25) is 0 Å². The smallest absolute Gasteiger partial charge is 0.138 e. The minimum atomic E-state index is 0.875. The van der Waals surface area contributed by atoms with Gasteiger partial charge in [0.1, 0.15) is 17.0 Å². The quantitative estimate of drug-likeness (QED) is 0.190. The Morgan fingerprint density at radius 3 is 1.69 bits per heavy atom. The minimum Gasteiger partial charge on any atom is -0.456 e. The third-order valence-electron chi connectivity index (χ3n) is 10.3. The van der Waals surface area contributed by atoms with Gasteiger partial charge in [0, 0.05) is 43.6 Å². The summed E-state index contributed by atoms with van der Waals surface area (Å²) in [4.78, 5) is 5.47. The molecular formula is C47H29N3O. The monoisotopic (exact) mass is 651 g/mol. The number of benzene rings is 7. The first-order chi connectivity index (χ1) is 25.3. The van der Waals surface area contributed by atoms with Crippen molar-refractivity contribution in [2.45, 2.75) is 0 Å². The van der Waals surface area contributed by atoms with Crippen LogP contribution >= 0.6 is 0 Å². The summed E-state index contributed by atoms with van der Waals surface area (Å²) in [6, 6.07) is 62.5. The van der Waals surface area contributed by atoms with Crippen LogP contribution < -0.4 is 0 Å².